The van der Waals surface area contributed by atoms with Crippen LogP contribution in [0.1, 0.15) is 41.6 Å². The molecule has 3 fully saturated rings. The fourth-order valence-corrected chi connectivity index (χ4v) is 5.20. The SMILES string of the molecule is O=C1N[C@@]2(C[C@H]3CC[C@@H]2C[C@@H]3C(=O)NCc2ccc(F)cc2)Oc2ccccc21. The third-order valence-corrected chi connectivity index (χ3v) is 6.68. The maximum atomic E-state index is 13.0. The third kappa shape index (κ3) is 3.16. The number of fused-ring (bicyclic) bond motifs is 3. The van der Waals surface area contributed by atoms with Crippen molar-refractivity contribution in [3.8, 4) is 5.75 Å². The van der Waals surface area contributed by atoms with E-state index < -0.39 is 5.72 Å². The maximum Gasteiger partial charge on any atom is 0.258 e. The summed E-state index contributed by atoms with van der Waals surface area (Å²) in [6.45, 7) is 0.388. The summed E-state index contributed by atoms with van der Waals surface area (Å²) in [5.41, 5.74) is 0.729. The lowest BCUT2D eigenvalue weighted by molar-refractivity contribution is -0.146. The van der Waals surface area contributed by atoms with Crippen LogP contribution in [0.4, 0.5) is 4.39 Å². The van der Waals surface area contributed by atoms with Gasteiger partial charge in [-0.15, -0.1) is 0 Å². The van der Waals surface area contributed by atoms with Crippen molar-refractivity contribution in [2.24, 2.45) is 17.8 Å². The zero-order valence-electron chi connectivity index (χ0n) is 16.0. The second kappa shape index (κ2) is 6.87. The standard InChI is InChI=1S/C23H23FN2O3/c24-17-9-5-14(6-10-17)13-25-21(27)19-11-16-8-7-15(19)12-23(16)26-22(28)18-3-1-2-4-20(18)29-23/h1-6,9-10,15-16,19H,7-8,11-13H2,(H,25,27)(H,26,28)/t15-,16-,19+,23+/m1/s1. The molecular formula is C23H23FN2O3. The molecule has 0 saturated heterocycles. The summed E-state index contributed by atoms with van der Waals surface area (Å²) < 4.78 is 19.4. The largest absolute Gasteiger partial charge is 0.467 e. The highest BCUT2D eigenvalue weighted by Gasteiger charge is 2.57. The molecule has 29 heavy (non-hydrogen) atoms. The van der Waals surface area contributed by atoms with Crippen molar-refractivity contribution in [3.05, 3.63) is 65.5 Å². The van der Waals surface area contributed by atoms with Crippen LogP contribution in [-0.4, -0.2) is 17.5 Å². The molecule has 6 rings (SSSR count). The molecule has 0 unspecified atom stereocenters. The molecule has 2 aromatic carbocycles. The van der Waals surface area contributed by atoms with Gasteiger partial charge in [0, 0.05) is 24.8 Å². The van der Waals surface area contributed by atoms with E-state index in [0.717, 1.165) is 18.4 Å². The van der Waals surface area contributed by atoms with E-state index in [9.17, 15) is 14.0 Å². The zero-order valence-corrected chi connectivity index (χ0v) is 16.0. The average Bonchev–Trinajstić information content (AvgIpc) is 2.73. The number of nitrogens with one attached hydrogen (secondary N) is 2. The molecule has 0 radical (unpaired) electrons. The predicted octanol–water partition coefficient (Wildman–Crippen LogP) is 3.40. The van der Waals surface area contributed by atoms with E-state index in [0.29, 0.717) is 30.7 Å². The molecule has 1 aliphatic heterocycles. The molecule has 6 heteroatoms. The monoisotopic (exact) mass is 394 g/mol. The molecule has 2 amide bonds. The van der Waals surface area contributed by atoms with Crippen LogP contribution in [0.25, 0.3) is 0 Å². The van der Waals surface area contributed by atoms with Gasteiger partial charge in [-0.05, 0) is 55.0 Å². The topological polar surface area (TPSA) is 67.4 Å². The Morgan fingerprint density at radius 3 is 2.72 bits per heavy atom. The minimum Gasteiger partial charge on any atom is -0.467 e. The molecule has 4 aliphatic rings. The van der Waals surface area contributed by atoms with Gasteiger partial charge in [0.15, 0.2) is 5.72 Å². The highest BCUT2D eigenvalue weighted by atomic mass is 19.1. The smallest absolute Gasteiger partial charge is 0.258 e. The Hall–Kier alpha value is -2.89. The number of ether oxygens (including phenoxy) is 1. The molecule has 4 atom stereocenters. The van der Waals surface area contributed by atoms with Crippen LogP contribution in [0.5, 0.6) is 5.75 Å². The molecule has 2 bridgehead atoms. The molecule has 5 nitrogen and oxygen atoms in total. The first-order chi connectivity index (χ1) is 14.0. The first-order valence-corrected chi connectivity index (χ1v) is 10.2. The lowest BCUT2D eigenvalue weighted by Crippen LogP contribution is -2.66. The lowest BCUT2D eigenvalue weighted by Gasteiger charge is -2.55. The van der Waals surface area contributed by atoms with Crippen molar-refractivity contribution in [1.82, 2.24) is 10.6 Å². The van der Waals surface area contributed by atoms with Gasteiger partial charge >= 0.3 is 0 Å². The first kappa shape index (κ1) is 18.2. The normalized spacial score (nSPS) is 29.7. The number of hydrogen-bond donors (Lipinski definition) is 2. The summed E-state index contributed by atoms with van der Waals surface area (Å²) in [5.74, 6) is 0.452. The molecule has 3 aliphatic carbocycles. The van der Waals surface area contributed by atoms with Gasteiger partial charge in [0.05, 0.1) is 5.56 Å². The van der Waals surface area contributed by atoms with E-state index in [4.69, 9.17) is 4.74 Å². The predicted molar refractivity (Wildman–Crippen MR) is 104 cm³/mol. The fraction of sp³-hybridized carbons (Fsp3) is 0.391. The Kier molecular flexibility index (Phi) is 4.30. The highest BCUT2D eigenvalue weighted by molar-refractivity contribution is 5.98. The maximum absolute atomic E-state index is 13.0. The van der Waals surface area contributed by atoms with Gasteiger partial charge in [-0.25, -0.2) is 4.39 Å². The summed E-state index contributed by atoms with van der Waals surface area (Å²) in [6, 6.07) is 13.5. The number of para-hydroxylation sites is 1. The summed E-state index contributed by atoms with van der Waals surface area (Å²) in [5, 5.41) is 6.11. The fourth-order valence-electron chi connectivity index (χ4n) is 5.20. The van der Waals surface area contributed by atoms with Crippen LogP contribution in [0.15, 0.2) is 48.5 Å². The number of hydrogen-bond acceptors (Lipinski definition) is 3. The molecule has 2 N–H and O–H groups in total. The number of amides is 2. The van der Waals surface area contributed by atoms with Crippen molar-refractivity contribution in [3.63, 3.8) is 0 Å². The van der Waals surface area contributed by atoms with Crippen molar-refractivity contribution < 1.29 is 18.7 Å². The average molecular weight is 394 g/mol. The molecular weight excluding hydrogens is 371 g/mol. The van der Waals surface area contributed by atoms with Crippen LogP contribution in [0.2, 0.25) is 0 Å². The number of benzene rings is 2. The second-order valence-corrected chi connectivity index (χ2v) is 8.37. The summed E-state index contributed by atoms with van der Waals surface area (Å²) in [4.78, 5) is 25.5. The van der Waals surface area contributed by atoms with E-state index in [1.165, 1.54) is 12.1 Å². The molecule has 150 valence electrons. The number of carbonyl (C=O) groups excluding carboxylic acids is 2. The van der Waals surface area contributed by atoms with E-state index in [2.05, 4.69) is 10.6 Å². The van der Waals surface area contributed by atoms with Crippen molar-refractivity contribution in [1.29, 1.82) is 0 Å². The van der Waals surface area contributed by atoms with Gasteiger partial charge in [0.1, 0.15) is 11.6 Å². The van der Waals surface area contributed by atoms with Crippen molar-refractivity contribution in [2.75, 3.05) is 0 Å². The van der Waals surface area contributed by atoms with Gasteiger partial charge in [-0.3, -0.25) is 9.59 Å². The Balaban J connectivity index is 1.28. The highest BCUT2D eigenvalue weighted by Crippen LogP contribution is 2.52. The minimum absolute atomic E-state index is 0.0291. The Bertz CT molecular complexity index is 961. The zero-order chi connectivity index (χ0) is 20.0. The molecule has 2 aromatic rings. The van der Waals surface area contributed by atoms with Gasteiger partial charge in [0.25, 0.3) is 5.91 Å². The number of rotatable bonds is 3. The molecule has 0 aromatic heterocycles. The van der Waals surface area contributed by atoms with E-state index in [1.807, 2.05) is 18.2 Å². The summed E-state index contributed by atoms with van der Waals surface area (Å²) in [7, 11) is 0. The van der Waals surface area contributed by atoms with Gasteiger partial charge in [-0.1, -0.05) is 24.3 Å². The quantitative estimate of drug-likeness (QED) is 0.839. The number of halogens is 1. The Morgan fingerprint density at radius 1 is 1.17 bits per heavy atom. The van der Waals surface area contributed by atoms with Gasteiger partial charge in [0.2, 0.25) is 5.91 Å². The molecule has 1 heterocycles. The summed E-state index contributed by atoms with van der Waals surface area (Å²) in [6.07, 6.45) is 3.24. The van der Waals surface area contributed by atoms with E-state index >= 15 is 0 Å². The second-order valence-electron chi connectivity index (χ2n) is 8.37. The van der Waals surface area contributed by atoms with Crippen LogP contribution in [0, 0.1) is 23.6 Å². The molecule has 1 spiro atoms. The van der Waals surface area contributed by atoms with Crippen LogP contribution in [-0.2, 0) is 11.3 Å². The van der Waals surface area contributed by atoms with Crippen molar-refractivity contribution >= 4 is 11.8 Å². The van der Waals surface area contributed by atoms with E-state index in [1.54, 1.807) is 18.2 Å². The minimum atomic E-state index is -0.706. The number of carbonyl (C=O) groups is 2. The van der Waals surface area contributed by atoms with Gasteiger partial charge in [-0.2, -0.15) is 0 Å². The Morgan fingerprint density at radius 2 is 1.97 bits per heavy atom. The summed E-state index contributed by atoms with van der Waals surface area (Å²) >= 11 is 0. The third-order valence-electron chi connectivity index (χ3n) is 6.68. The van der Waals surface area contributed by atoms with Crippen LogP contribution < -0.4 is 15.4 Å². The Labute approximate surface area is 168 Å². The first-order valence-electron chi connectivity index (χ1n) is 10.2. The van der Waals surface area contributed by atoms with Gasteiger partial charge < -0.3 is 15.4 Å². The van der Waals surface area contributed by atoms with E-state index in [-0.39, 0.29) is 35.4 Å². The van der Waals surface area contributed by atoms with Crippen molar-refractivity contribution in [2.45, 2.75) is 38.0 Å². The van der Waals surface area contributed by atoms with Crippen LogP contribution >= 0.6 is 0 Å². The lowest BCUT2D eigenvalue weighted by atomic mass is 9.60. The van der Waals surface area contributed by atoms with Crippen LogP contribution in [0.3, 0.4) is 0 Å². The molecule has 3 saturated carbocycles.